The van der Waals surface area contributed by atoms with Crippen LogP contribution in [0.25, 0.3) is 0 Å². The molecule has 0 fully saturated rings. The predicted molar refractivity (Wildman–Crippen MR) is 73.6 cm³/mol. The summed E-state index contributed by atoms with van der Waals surface area (Å²) in [5.41, 5.74) is 1.26. The van der Waals surface area contributed by atoms with Crippen molar-refractivity contribution in [3.63, 3.8) is 0 Å². The minimum Gasteiger partial charge on any atom is -0.478 e. The number of nitrogens with zero attached hydrogens (tertiary/aromatic N) is 1. The van der Waals surface area contributed by atoms with Crippen molar-refractivity contribution in [3.05, 3.63) is 39.9 Å². The maximum atomic E-state index is 12.1. The zero-order valence-electron chi connectivity index (χ0n) is 10.3. The lowest BCUT2D eigenvalue weighted by Crippen LogP contribution is -2.16. The molecule has 7 heteroatoms. The zero-order valence-corrected chi connectivity index (χ0v) is 11.9. The fraction of sp³-hybridized carbons (Fsp3) is 0.167. The number of nitrogens with one attached hydrogen (secondary N) is 2. The second-order valence-electron chi connectivity index (χ2n) is 4.12. The first-order chi connectivity index (χ1) is 8.90. The summed E-state index contributed by atoms with van der Waals surface area (Å²) in [6.07, 6.45) is 3.21. The Kier molecular flexibility index (Phi) is 3.48. The largest absolute Gasteiger partial charge is 0.478 e. The summed E-state index contributed by atoms with van der Waals surface area (Å²) in [7, 11) is 1.74. The molecule has 0 spiro atoms. The van der Waals surface area contributed by atoms with Crippen LogP contribution < -0.4 is 5.32 Å². The van der Waals surface area contributed by atoms with Crippen molar-refractivity contribution in [2.75, 3.05) is 5.32 Å². The van der Waals surface area contributed by atoms with Gasteiger partial charge in [-0.25, -0.2) is 4.79 Å². The Labute approximate surface area is 117 Å². The van der Waals surface area contributed by atoms with Crippen molar-refractivity contribution in [1.29, 1.82) is 0 Å². The van der Waals surface area contributed by atoms with Crippen molar-refractivity contribution >= 4 is 33.5 Å². The van der Waals surface area contributed by atoms with Gasteiger partial charge in [-0.1, -0.05) is 0 Å². The second-order valence-corrected chi connectivity index (χ2v) is 5.03. The number of carboxylic acids is 1. The van der Waals surface area contributed by atoms with Crippen molar-refractivity contribution in [3.8, 4) is 0 Å². The van der Waals surface area contributed by atoms with E-state index in [-0.39, 0.29) is 17.2 Å². The van der Waals surface area contributed by atoms with Crippen molar-refractivity contribution in [2.24, 2.45) is 7.05 Å². The number of hydrogen-bond acceptors (Lipinski definition) is 2. The molecular formula is C12H12BrN3O3. The molecule has 1 amide bonds. The Morgan fingerprint density at radius 2 is 2.16 bits per heavy atom. The molecule has 0 aromatic carbocycles. The number of rotatable bonds is 3. The number of aromatic amines is 1. The van der Waals surface area contributed by atoms with Gasteiger partial charge in [-0.3, -0.25) is 4.79 Å². The number of carbonyl (C=O) groups is 2. The summed E-state index contributed by atoms with van der Waals surface area (Å²) in [5.74, 6) is -1.45. The van der Waals surface area contributed by atoms with E-state index < -0.39 is 5.97 Å². The first kappa shape index (κ1) is 13.4. The molecule has 0 aliphatic heterocycles. The highest BCUT2D eigenvalue weighted by Gasteiger charge is 2.19. The summed E-state index contributed by atoms with van der Waals surface area (Å²) in [5, 5.41) is 11.7. The third-order valence-corrected chi connectivity index (χ3v) is 3.18. The first-order valence-electron chi connectivity index (χ1n) is 5.44. The van der Waals surface area contributed by atoms with Crippen LogP contribution in [0.5, 0.6) is 0 Å². The molecule has 0 unspecified atom stereocenters. The molecule has 2 aromatic rings. The second kappa shape index (κ2) is 4.93. The lowest BCUT2D eigenvalue weighted by Gasteiger charge is -2.05. The number of anilines is 1. The van der Waals surface area contributed by atoms with Crippen LogP contribution >= 0.6 is 15.9 Å². The molecule has 2 rings (SSSR count). The molecule has 6 nitrogen and oxygen atoms in total. The van der Waals surface area contributed by atoms with Gasteiger partial charge in [0.1, 0.15) is 11.3 Å². The van der Waals surface area contributed by atoms with Gasteiger partial charge in [-0.2, -0.15) is 0 Å². The summed E-state index contributed by atoms with van der Waals surface area (Å²) in [6.45, 7) is 1.64. The van der Waals surface area contributed by atoms with E-state index in [4.69, 9.17) is 5.11 Å². The molecule has 100 valence electrons. The Morgan fingerprint density at radius 3 is 2.68 bits per heavy atom. The monoisotopic (exact) mass is 325 g/mol. The number of amides is 1. The van der Waals surface area contributed by atoms with Crippen molar-refractivity contribution in [2.45, 2.75) is 6.92 Å². The van der Waals surface area contributed by atoms with Gasteiger partial charge >= 0.3 is 5.97 Å². The fourth-order valence-electron chi connectivity index (χ4n) is 1.84. The van der Waals surface area contributed by atoms with E-state index in [9.17, 15) is 9.59 Å². The number of aryl methyl sites for hydroxylation is 2. The fourth-order valence-corrected chi connectivity index (χ4v) is 2.36. The van der Waals surface area contributed by atoms with Crippen molar-refractivity contribution in [1.82, 2.24) is 9.55 Å². The van der Waals surface area contributed by atoms with Crippen LogP contribution in [-0.4, -0.2) is 26.5 Å². The summed E-state index contributed by atoms with van der Waals surface area (Å²) >= 11 is 3.28. The molecule has 0 aliphatic carbocycles. The highest BCUT2D eigenvalue weighted by atomic mass is 79.9. The van der Waals surface area contributed by atoms with E-state index in [0.29, 0.717) is 11.4 Å². The number of carboxylic acid groups (broad SMARTS) is 1. The lowest BCUT2D eigenvalue weighted by atomic mass is 10.2. The zero-order chi connectivity index (χ0) is 14.2. The Balaban J connectivity index is 2.29. The average Bonchev–Trinajstić information content (AvgIpc) is 2.82. The van der Waals surface area contributed by atoms with Gasteiger partial charge < -0.3 is 20.0 Å². The van der Waals surface area contributed by atoms with Crippen LogP contribution in [0.4, 0.5) is 5.69 Å². The molecule has 19 heavy (non-hydrogen) atoms. The van der Waals surface area contributed by atoms with E-state index in [2.05, 4.69) is 26.2 Å². The Hall–Kier alpha value is -2.02. The minimum atomic E-state index is -1.08. The topological polar surface area (TPSA) is 87.1 Å². The van der Waals surface area contributed by atoms with Gasteiger partial charge in [-0.15, -0.1) is 0 Å². The third kappa shape index (κ3) is 2.55. The average molecular weight is 326 g/mol. The van der Waals surface area contributed by atoms with E-state index in [1.807, 2.05) is 0 Å². The van der Waals surface area contributed by atoms with Gasteiger partial charge in [0.15, 0.2) is 0 Å². The molecule has 0 saturated heterocycles. The van der Waals surface area contributed by atoms with E-state index in [1.54, 1.807) is 30.8 Å². The molecule has 2 aromatic heterocycles. The number of halogens is 1. The molecule has 0 aliphatic rings. The first-order valence-corrected chi connectivity index (χ1v) is 6.24. The van der Waals surface area contributed by atoms with Crippen LogP contribution in [0.15, 0.2) is 22.9 Å². The maximum Gasteiger partial charge on any atom is 0.339 e. The van der Waals surface area contributed by atoms with Crippen LogP contribution in [-0.2, 0) is 7.05 Å². The molecule has 0 radical (unpaired) electrons. The van der Waals surface area contributed by atoms with E-state index in [0.717, 1.165) is 4.47 Å². The number of aromatic carboxylic acids is 1. The smallest absolute Gasteiger partial charge is 0.339 e. The molecule has 2 heterocycles. The van der Waals surface area contributed by atoms with E-state index in [1.165, 1.54) is 6.20 Å². The number of H-pyrrole nitrogens is 1. The van der Waals surface area contributed by atoms with Crippen LogP contribution in [0, 0.1) is 6.92 Å². The van der Waals surface area contributed by atoms with Gasteiger partial charge in [0.2, 0.25) is 0 Å². The SMILES string of the molecule is Cc1[nH]cc(NC(=O)c2cc(Br)cn2C)c1C(=O)O. The van der Waals surface area contributed by atoms with Crippen LogP contribution in [0.3, 0.4) is 0 Å². The number of aromatic nitrogens is 2. The number of hydrogen-bond donors (Lipinski definition) is 3. The van der Waals surface area contributed by atoms with Crippen LogP contribution in [0.2, 0.25) is 0 Å². The highest BCUT2D eigenvalue weighted by Crippen LogP contribution is 2.21. The third-order valence-electron chi connectivity index (χ3n) is 2.74. The molecule has 0 saturated carbocycles. The molecule has 0 atom stereocenters. The molecule has 0 bridgehead atoms. The maximum absolute atomic E-state index is 12.1. The standard InChI is InChI=1S/C12H12BrN3O3/c1-6-10(12(18)19)8(4-14-6)15-11(17)9-3-7(13)5-16(9)2/h3-5,14H,1-2H3,(H,15,17)(H,18,19). The van der Waals surface area contributed by atoms with E-state index >= 15 is 0 Å². The van der Waals surface area contributed by atoms with Gasteiger partial charge in [0.05, 0.1) is 5.69 Å². The van der Waals surface area contributed by atoms with Crippen molar-refractivity contribution < 1.29 is 14.7 Å². The number of carbonyl (C=O) groups excluding carboxylic acids is 1. The summed E-state index contributed by atoms with van der Waals surface area (Å²) in [4.78, 5) is 26.0. The Bertz CT molecular complexity index is 657. The summed E-state index contributed by atoms with van der Waals surface area (Å²) in [6, 6.07) is 1.66. The highest BCUT2D eigenvalue weighted by molar-refractivity contribution is 9.10. The van der Waals surface area contributed by atoms with Gasteiger partial charge in [0, 0.05) is 29.6 Å². The quantitative estimate of drug-likeness (QED) is 0.809. The molecular weight excluding hydrogens is 314 g/mol. The minimum absolute atomic E-state index is 0.0709. The molecule has 3 N–H and O–H groups in total. The van der Waals surface area contributed by atoms with Gasteiger partial charge in [-0.05, 0) is 28.9 Å². The summed E-state index contributed by atoms with van der Waals surface area (Å²) < 4.78 is 2.43. The van der Waals surface area contributed by atoms with Crippen LogP contribution in [0.1, 0.15) is 26.5 Å². The lowest BCUT2D eigenvalue weighted by molar-refractivity contribution is 0.0697. The predicted octanol–water partition coefficient (Wildman–Crippen LogP) is 2.37. The van der Waals surface area contributed by atoms with Gasteiger partial charge in [0.25, 0.3) is 5.91 Å². The Morgan fingerprint density at radius 1 is 1.47 bits per heavy atom. The normalized spacial score (nSPS) is 10.5.